The molecule has 0 unspecified atom stereocenters. The first-order valence-corrected chi connectivity index (χ1v) is 7.20. The van der Waals surface area contributed by atoms with Crippen molar-refractivity contribution in [2.75, 3.05) is 7.11 Å². The first-order valence-electron chi connectivity index (χ1n) is 7.20. The van der Waals surface area contributed by atoms with Crippen molar-refractivity contribution in [2.45, 2.75) is 20.4 Å². The van der Waals surface area contributed by atoms with Gasteiger partial charge in [0.15, 0.2) is 11.5 Å². The Balaban J connectivity index is 2.11. The minimum Gasteiger partial charge on any atom is -0.504 e. The molecule has 0 aliphatic heterocycles. The number of nitro groups is 1. The second-order valence-electron chi connectivity index (χ2n) is 5.22. The van der Waals surface area contributed by atoms with Crippen LogP contribution in [0.25, 0.3) is 0 Å². The molecule has 0 saturated carbocycles. The fraction of sp³-hybridized carbons (Fsp3) is 0.267. The van der Waals surface area contributed by atoms with Crippen LogP contribution < -0.4 is 10.2 Å². The van der Waals surface area contributed by atoms with E-state index >= 15 is 0 Å². The van der Waals surface area contributed by atoms with Crippen LogP contribution in [0.15, 0.2) is 23.3 Å². The van der Waals surface area contributed by atoms with Crippen molar-refractivity contribution >= 4 is 17.8 Å². The second kappa shape index (κ2) is 7.43. The van der Waals surface area contributed by atoms with Crippen LogP contribution in [0, 0.1) is 24.0 Å². The van der Waals surface area contributed by atoms with Crippen LogP contribution in [0.4, 0.5) is 5.69 Å². The number of carbonyl (C=O) groups is 1. The van der Waals surface area contributed by atoms with Crippen molar-refractivity contribution in [1.82, 2.24) is 15.2 Å². The van der Waals surface area contributed by atoms with E-state index in [1.807, 2.05) is 19.9 Å². The molecular weight excluding hydrogens is 330 g/mol. The smallest absolute Gasteiger partial charge is 0.274 e. The molecule has 1 aromatic carbocycles. The summed E-state index contributed by atoms with van der Waals surface area (Å²) in [5.41, 5.74) is 3.67. The molecule has 0 atom stereocenters. The largest absolute Gasteiger partial charge is 0.504 e. The summed E-state index contributed by atoms with van der Waals surface area (Å²) in [4.78, 5) is 22.1. The maximum absolute atomic E-state index is 11.9. The number of phenols is 1. The molecule has 10 heteroatoms. The van der Waals surface area contributed by atoms with Crippen molar-refractivity contribution in [2.24, 2.45) is 5.10 Å². The number of aromatic nitrogens is 2. The fourth-order valence-electron chi connectivity index (χ4n) is 2.15. The molecule has 2 aromatic rings. The highest BCUT2D eigenvalue weighted by Crippen LogP contribution is 2.33. The number of phenolic OH excluding ortho intramolecular Hbond substituents is 1. The van der Waals surface area contributed by atoms with Crippen molar-refractivity contribution in [3.05, 3.63) is 45.3 Å². The first-order chi connectivity index (χ1) is 11.8. The van der Waals surface area contributed by atoms with Crippen LogP contribution in [0.2, 0.25) is 0 Å². The Bertz CT molecular complexity index is 843. The van der Waals surface area contributed by atoms with E-state index in [2.05, 4.69) is 15.6 Å². The van der Waals surface area contributed by atoms with Gasteiger partial charge in [0.25, 0.3) is 11.6 Å². The summed E-state index contributed by atoms with van der Waals surface area (Å²) in [5.74, 6) is -0.811. The number of benzene rings is 1. The van der Waals surface area contributed by atoms with Gasteiger partial charge in [0.05, 0.1) is 30.0 Å². The van der Waals surface area contributed by atoms with Gasteiger partial charge in [0.1, 0.15) is 6.54 Å². The summed E-state index contributed by atoms with van der Waals surface area (Å²) in [5, 5.41) is 28.7. The molecule has 0 spiro atoms. The molecule has 1 aromatic heterocycles. The zero-order valence-corrected chi connectivity index (χ0v) is 13.9. The maximum atomic E-state index is 11.9. The third kappa shape index (κ3) is 4.31. The van der Waals surface area contributed by atoms with Gasteiger partial charge in [0.2, 0.25) is 0 Å². The van der Waals surface area contributed by atoms with E-state index in [9.17, 15) is 20.0 Å². The molecule has 0 radical (unpaired) electrons. The van der Waals surface area contributed by atoms with E-state index in [1.54, 1.807) is 0 Å². The van der Waals surface area contributed by atoms with E-state index in [1.165, 1.54) is 11.8 Å². The quantitative estimate of drug-likeness (QED) is 0.459. The van der Waals surface area contributed by atoms with Crippen LogP contribution in [0.3, 0.4) is 0 Å². The third-order valence-corrected chi connectivity index (χ3v) is 3.31. The lowest BCUT2D eigenvalue weighted by molar-refractivity contribution is -0.385. The third-order valence-electron chi connectivity index (χ3n) is 3.31. The van der Waals surface area contributed by atoms with Gasteiger partial charge in [-0.15, -0.1) is 0 Å². The van der Waals surface area contributed by atoms with E-state index in [0.29, 0.717) is 0 Å². The van der Waals surface area contributed by atoms with Crippen molar-refractivity contribution in [3.63, 3.8) is 0 Å². The van der Waals surface area contributed by atoms with Gasteiger partial charge in [-0.25, -0.2) is 5.43 Å². The Morgan fingerprint density at radius 3 is 2.76 bits per heavy atom. The molecule has 2 N–H and O–H groups in total. The summed E-state index contributed by atoms with van der Waals surface area (Å²) in [7, 11) is 1.27. The van der Waals surface area contributed by atoms with Gasteiger partial charge in [0, 0.05) is 17.3 Å². The summed E-state index contributed by atoms with van der Waals surface area (Å²) in [6, 6.07) is 4.05. The number of aromatic hydroxyl groups is 1. The van der Waals surface area contributed by atoms with Crippen LogP contribution in [0.5, 0.6) is 11.5 Å². The predicted octanol–water partition coefficient (Wildman–Crippen LogP) is 1.27. The lowest BCUT2D eigenvalue weighted by Gasteiger charge is -2.06. The molecule has 1 heterocycles. The van der Waals surface area contributed by atoms with E-state index in [-0.39, 0.29) is 29.3 Å². The minimum atomic E-state index is -0.624. The van der Waals surface area contributed by atoms with E-state index in [4.69, 9.17) is 4.74 Å². The number of amides is 1. The van der Waals surface area contributed by atoms with Crippen LogP contribution in [-0.4, -0.2) is 39.0 Å². The number of nitrogens with zero attached hydrogens (tertiary/aromatic N) is 4. The number of methoxy groups -OCH3 is 1. The summed E-state index contributed by atoms with van der Waals surface area (Å²) in [6.45, 7) is 3.61. The van der Waals surface area contributed by atoms with Gasteiger partial charge in [-0.1, -0.05) is 0 Å². The molecule has 0 bridgehead atoms. The van der Waals surface area contributed by atoms with Gasteiger partial charge < -0.3 is 9.84 Å². The predicted molar refractivity (Wildman–Crippen MR) is 88.8 cm³/mol. The number of hydrogen-bond donors (Lipinski definition) is 2. The maximum Gasteiger partial charge on any atom is 0.274 e. The number of hydrazone groups is 1. The standard InChI is InChI=1S/C15H17N5O5/c1-9-4-10(2)19(18-9)8-14(21)17-16-7-11-5-12(20(23)24)6-13(25-3)15(11)22/h4-7,22H,8H2,1-3H3,(H,17,21)/b16-7-. The molecule has 0 fully saturated rings. The molecule has 0 saturated heterocycles. The SMILES string of the molecule is COc1cc([N+](=O)[O-])cc(/C=N\NC(=O)Cn2nc(C)cc2C)c1O. The Kier molecular flexibility index (Phi) is 5.32. The van der Waals surface area contributed by atoms with Gasteiger partial charge in [-0.3, -0.25) is 19.6 Å². The topological polar surface area (TPSA) is 132 Å². The van der Waals surface area contributed by atoms with Crippen LogP contribution >= 0.6 is 0 Å². The Labute approximate surface area is 142 Å². The van der Waals surface area contributed by atoms with Gasteiger partial charge >= 0.3 is 0 Å². The highest BCUT2D eigenvalue weighted by Gasteiger charge is 2.16. The average Bonchev–Trinajstić information content (AvgIpc) is 2.86. The zero-order valence-electron chi connectivity index (χ0n) is 13.9. The van der Waals surface area contributed by atoms with Crippen molar-refractivity contribution in [1.29, 1.82) is 0 Å². The lowest BCUT2D eigenvalue weighted by Crippen LogP contribution is -2.24. The molecule has 132 valence electrons. The normalized spacial score (nSPS) is 10.8. The van der Waals surface area contributed by atoms with Gasteiger partial charge in [-0.2, -0.15) is 10.2 Å². The summed E-state index contributed by atoms with van der Waals surface area (Å²) >= 11 is 0. The van der Waals surface area contributed by atoms with Crippen molar-refractivity contribution < 1.29 is 19.6 Å². The fourth-order valence-corrected chi connectivity index (χ4v) is 2.15. The van der Waals surface area contributed by atoms with Gasteiger partial charge in [-0.05, 0) is 19.9 Å². The highest BCUT2D eigenvalue weighted by molar-refractivity contribution is 5.87. The minimum absolute atomic E-state index is 0.0265. The Morgan fingerprint density at radius 1 is 1.48 bits per heavy atom. The number of non-ortho nitro benzene ring substituents is 1. The number of rotatable bonds is 6. The average molecular weight is 347 g/mol. The number of aryl methyl sites for hydroxylation is 2. The monoisotopic (exact) mass is 347 g/mol. The van der Waals surface area contributed by atoms with Crippen LogP contribution in [-0.2, 0) is 11.3 Å². The number of nitro benzene ring substituents is 1. The molecule has 10 nitrogen and oxygen atoms in total. The first kappa shape index (κ1) is 17.9. The second-order valence-corrected chi connectivity index (χ2v) is 5.22. The number of carbonyl (C=O) groups excluding carboxylic acids is 1. The van der Waals surface area contributed by atoms with E-state index in [0.717, 1.165) is 29.7 Å². The van der Waals surface area contributed by atoms with E-state index < -0.39 is 10.8 Å². The number of nitrogens with one attached hydrogen (secondary N) is 1. The molecule has 1 amide bonds. The molecule has 0 aliphatic carbocycles. The molecule has 2 rings (SSSR count). The molecule has 0 aliphatic rings. The Hall–Kier alpha value is -3.43. The summed E-state index contributed by atoms with van der Waals surface area (Å²) < 4.78 is 6.41. The Morgan fingerprint density at radius 2 is 2.20 bits per heavy atom. The number of ether oxygens (including phenoxy) is 1. The lowest BCUT2D eigenvalue weighted by atomic mass is 10.2. The summed E-state index contributed by atoms with van der Waals surface area (Å²) in [6.07, 6.45) is 1.10. The molecular formula is C15H17N5O5. The highest BCUT2D eigenvalue weighted by atomic mass is 16.6. The van der Waals surface area contributed by atoms with Crippen LogP contribution in [0.1, 0.15) is 17.0 Å². The van der Waals surface area contributed by atoms with Crippen molar-refractivity contribution in [3.8, 4) is 11.5 Å². The molecule has 25 heavy (non-hydrogen) atoms. The number of hydrogen-bond acceptors (Lipinski definition) is 7. The zero-order chi connectivity index (χ0) is 18.6.